The van der Waals surface area contributed by atoms with Gasteiger partial charge in [0.2, 0.25) is 5.88 Å². The molecule has 0 aliphatic rings. The summed E-state index contributed by atoms with van der Waals surface area (Å²) in [7, 11) is 1.61. The summed E-state index contributed by atoms with van der Waals surface area (Å²) in [6, 6.07) is 3.97. The molecule has 0 radical (unpaired) electrons. The number of hydrogen-bond donors (Lipinski definition) is 2. The summed E-state index contributed by atoms with van der Waals surface area (Å²) in [5.74, 6) is 6.28. The van der Waals surface area contributed by atoms with Crippen LogP contribution in [0.15, 0.2) is 36.1 Å². The molecule has 3 rings (SSSR count). The first-order valence-corrected chi connectivity index (χ1v) is 7.52. The van der Waals surface area contributed by atoms with Crippen LogP contribution >= 0.6 is 11.3 Å². The molecule has 0 bridgehead atoms. The number of rotatable bonds is 6. The third-order valence-electron chi connectivity index (χ3n) is 3.32. The maximum absolute atomic E-state index is 5.67. The van der Waals surface area contributed by atoms with Crippen LogP contribution < -0.4 is 16.0 Å². The average Bonchev–Trinajstić information content (AvgIpc) is 3.08. The molecule has 0 fully saturated rings. The molecule has 3 aromatic heterocycles. The molecule has 0 amide bonds. The van der Waals surface area contributed by atoms with Gasteiger partial charge in [-0.1, -0.05) is 6.07 Å². The summed E-state index contributed by atoms with van der Waals surface area (Å²) >= 11 is 1.63. The van der Waals surface area contributed by atoms with E-state index in [1.165, 1.54) is 0 Å². The number of aromatic nitrogens is 3. The molecule has 110 valence electrons. The zero-order valence-corrected chi connectivity index (χ0v) is 12.5. The second-order valence-electron chi connectivity index (χ2n) is 4.81. The minimum Gasteiger partial charge on any atom is -0.481 e. The predicted octanol–water partition coefficient (Wildman–Crippen LogP) is 1.42. The number of imidazole rings is 1. The van der Waals surface area contributed by atoms with E-state index in [1.54, 1.807) is 18.4 Å². The highest BCUT2D eigenvalue weighted by atomic mass is 32.1. The third-order valence-corrected chi connectivity index (χ3v) is 4.09. The van der Waals surface area contributed by atoms with Crippen molar-refractivity contribution in [3.8, 4) is 5.88 Å². The standard InChI is InChI=1S/C14H17N5OS/c1-20-13-3-2-10(8-16-13)6-11(18-15)7-12-9-19-4-5-21-14(19)17-12/h2-5,8-9,11,18H,6-7,15H2,1H3. The fourth-order valence-corrected chi connectivity index (χ4v) is 2.97. The van der Waals surface area contributed by atoms with Crippen LogP contribution in [0, 0.1) is 0 Å². The Hall–Kier alpha value is -1.96. The van der Waals surface area contributed by atoms with Crippen molar-refractivity contribution in [2.75, 3.05) is 7.11 Å². The molecule has 1 atom stereocenters. The van der Waals surface area contributed by atoms with Crippen LogP contribution in [0.2, 0.25) is 0 Å². The van der Waals surface area contributed by atoms with E-state index < -0.39 is 0 Å². The number of nitrogens with zero attached hydrogens (tertiary/aromatic N) is 3. The highest BCUT2D eigenvalue weighted by Crippen LogP contribution is 2.14. The van der Waals surface area contributed by atoms with Crippen LogP contribution in [0.4, 0.5) is 0 Å². The Bertz CT molecular complexity index is 677. The van der Waals surface area contributed by atoms with E-state index in [0.29, 0.717) is 5.88 Å². The molecule has 3 N–H and O–H groups in total. The Morgan fingerprint density at radius 3 is 3.00 bits per heavy atom. The molecule has 3 heterocycles. The molecule has 21 heavy (non-hydrogen) atoms. The number of ether oxygens (including phenoxy) is 1. The predicted molar refractivity (Wildman–Crippen MR) is 82.4 cm³/mol. The van der Waals surface area contributed by atoms with Crippen molar-refractivity contribution in [2.45, 2.75) is 18.9 Å². The van der Waals surface area contributed by atoms with Crippen LogP contribution in [-0.4, -0.2) is 27.5 Å². The van der Waals surface area contributed by atoms with Crippen molar-refractivity contribution >= 4 is 16.3 Å². The van der Waals surface area contributed by atoms with Crippen molar-refractivity contribution in [1.82, 2.24) is 19.8 Å². The summed E-state index contributed by atoms with van der Waals surface area (Å²) in [5.41, 5.74) is 5.00. The molecule has 0 aliphatic carbocycles. The second kappa shape index (κ2) is 6.21. The number of hydrazine groups is 1. The highest BCUT2D eigenvalue weighted by Gasteiger charge is 2.12. The molecular weight excluding hydrogens is 286 g/mol. The van der Waals surface area contributed by atoms with Gasteiger partial charge in [0.05, 0.1) is 12.8 Å². The smallest absolute Gasteiger partial charge is 0.212 e. The Balaban J connectivity index is 1.67. The number of methoxy groups -OCH3 is 1. The maximum atomic E-state index is 5.67. The zero-order valence-electron chi connectivity index (χ0n) is 11.7. The van der Waals surface area contributed by atoms with Crippen molar-refractivity contribution in [3.05, 3.63) is 47.4 Å². The number of fused-ring (bicyclic) bond motifs is 1. The van der Waals surface area contributed by atoms with Gasteiger partial charge < -0.3 is 4.74 Å². The van der Waals surface area contributed by atoms with Gasteiger partial charge in [0.1, 0.15) is 0 Å². The van der Waals surface area contributed by atoms with Crippen LogP contribution in [0.1, 0.15) is 11.3 Å². The number of hydrogen-bond acceptors (Lipinski definition) is 6. The van der Waals surface area contributed by atoms with E-state index in [-0.39, 0.29) is 6.04 Å². The largest absolute Gasteiger partial charge is 0.481 e. The number of nitrogens with two attached hydrogens (primary N) is 1. The number of nitrogens with one attached hydrogen (secondary N) is 1. The molecule has 0 saturated carbocycles. The number of thiazole rings is 1. The molecule has 1 unspecified atom stereocenters. The normalized spacial score (nSPS) is 12.7. The first-order chi connectivity index (χ1) is 10.3. The zero-order chi connectivity index (χ0) is 14.7. The van der Waals surface area contributed by atoms with Crippen molar-refractivity contribution in [2.24, 2.45) is 5.84 Å². The van der Waals surface area contributed by atoms with Crippen LogP contribution in [0.3, 0.4) is 0 Å². The van der Waals surface area contributed by atoms with E-state index >= 15 is 0 Å². The summed E-state index contributed by atoms with van der Waals surface area (Å²) in [6.07, 6.45) is 7.43. The molecule has 0 aliphatic heterocycles. The number of pyridine rings is 1. The lowest BCUT2D eigenvalue weighted by molar-refractivity contribution is 0.397. The molecular formula is C14H17N5OS. The molecule has 3 aromatic rings. The minimum atomic E-state index is 0.116. The summed E-state index contributed by atoms with van der Waals surface area (Å²) in [4.78, 5) is 9.80. The lowest BCUT2D eigenvalue weighted by Crippen LogP contribution is -2.38. The third kappa shape index (κ3) is 3.21. The maximum Gasteiger partial charge on any atom is 0.212 e. The lowest BCUT2D eigenvalue weighted by atomic mass is 10.0. The van der Waals surface area contributed by atoms with Gasteiger partial charge in [-0.05, 0) is 12.0 Å². The molecule has 6 nitrogen and oxygen atoms in total. The molecule has 0 aromatic carbocycles. The van der Waals surface area contributed by atoms with Crippen LogP contribution in [0.25, 0.3) is 4.96 Å². The van der Waals surface area contributed by atoms with Crippen molar-refractivity contribution < 1.29 is 4.74 Å². The van der Waals surface area contributed by atoms with E-state index in [0.717, 1.165) is 29.1 Å². The first-order valence-electron chi connectivity index (χ1n) is 6.64. The summed E-state index contributed by atoms with van der Waals surface area (Å²) in [5, 5.41) is 2.02. The molecule has 0 saturated heterocycles. The average molecular weight is 303 g/mol. The first kappa shape index (κ1) is 14.0. The van der Waals surface area contributed by atoms with Gasteiger partial charge in [0.25, 0.3) is 0 Å². The van der Waals surface area contributed by atoms with E-state index in [9.17, 15) is 0 Å². The SMILES string of the molecule is COc1ccc(CC(Cc2cn3ccsc3n2)NN)cn1. The van der Waals surface area contributed by atoms with Crippen LogP contribution in [0.5, 0.6) is 5.88 Å². The van der Waals surface area contributed by atoms with Gasteiger partial charge in [-0.2, -0.15) is 0 Å². The van der Waals surface area contributed by atoms with E-state index in [2.05, 4.69) is 15.4 Å². The fourth-order valence-electron chi connectivity index (χ4n) is 2.25. The van der Waals surface area contributed by atoms with Gasteiger partial charge in [-0.25, -0.2) is 9.97 Å². The molecule has 7 heteroatoms. The van der Waals surface area contributed by atoms with Gasteiger partial charge >= 0.3 is 0 Å². The van der Waals surface area contributed by atoms with Crippen LogP contribution in [-0.2, 0) is 12.8 Å². The lowest BCUT2D eigenvalue weighted by Gasteiger charge is -2.14. The molecule has 0 spiro atoms. The van der Waals surface area contributed by atoms with Gasteiger partial charge in [-0.15, -0.1) is 11.3 Å². The summed E-state index contributed by atoms with van der Waals surface area (Å²) in [6.45, 7) is 0. The van der Waals surface area contributed by atoms with Gasteiger partial charge in [0.15, 0.2) is 4.96 Å². The highest BCUT2D eigenvalue weighted by molar-refractivity contribution is 7.15. The van der Waals surface area contributed by atoms with Gasteiger partial charge in [-0.3, -0.25) is 15.7 Å². The minimum absolute atomic E-state index is 0.116. The van der Waals surface area contributed by atoms with Crippen molar-refractivity contribution in [1.29, 1.82) is 0 Å². The Kier molecular flexibility index (Phi) is 4.14. The topological polar surface area (TPSA) is 77.5 Å². The Labute approximate surface area is 126 Å². The quantitative estimate of drug-likeness (QED) is 0.532. The second-order valence-corrected chi connectivity index (χ2v) is 5.68. The van der Waals surface area contributed by atoms with Crippen molar-refractivity contribution in [3.63, 3.8) is 0 Å². The Morgan fingerprint density at radius 2 is 2.33 bits per heavy atom. The van der Waals surface area contributed by atoms with E-state index in [1.807, 2.05) is 40.5 Å². The monoisotopic (exact) mass is 303 g/mol. The van der Waals surface area contributed by atoms with E-state index in [4.69, 9.17) is 10.6 Å². The van der Waals surface area contributed by atoms with Gasteiger partial charge in [0, 0.05) is 42.5 Å². The fraction of sp³-hybridized carbons (Fsp3) is 0.286. The summed E-state index contributed by atoms with van der Waals surface area (Å²) < 4.78 is 7.09. The Morgan fingerprint density at radius 1 is 1.43 bits per heavy atom.